The van der Waals surface area contributed by atoms with Gasteiger partial charge in [-0.1, -0.05) is 19.1 Å². The largest absolute Gasteiger partial charge is 0.497 e. The number of methoxy groups -OCH3 is 1. The standard InChI is InChI=1S/C11H17NO2/c1-3-11(12,8-13)9-4-6-10(14-2)7-5-9/h4-7,13H,3,8,12H2,1-2H3/t11-/m1/s1. The van der Waals surface area contributed by atoms with Crippen molar-refractivity contribution in [3.05, 3.63) is 29.8 Å². The Kier molecular flexibility index (Phi) is 3.49. The Balaban J connectivity index is 2.95. The zero-order valence-electron chi connectivity index (χ0n) is 8.66. The first-order chi connectivity index (χ1) is 6.66. The highest BCUT2D eigenvalue weighted by Gasteiger charge is 2.23. The molecule has 0 saturated carbocycles. The minimum atomic E-state index is -0.633. The Labute approximate surface area is 84.5 Å². The summed E-state index contributed by atoms with van der Waals surface area (Å²) in [5.74, 6) is 0.796. The number of hydrogen-bond acceptors (Lipinski definition) is 3. The van der Waals surface area contributed by atoms with E-state index in [1.165, 1.54) is 0 Å². The maximum absolute atomic E-state index is 9.21. The van der Waals surface area contributed by atoms with E-state index in [1.807, 2.05) is 31.2 Å². The summed E-state index contributed by atoms with van der Waals surface area (Å²) in [6.45, 7) is 1.91. The third-order valence-electron chi connectivity index (χ3n) is 2.58. The van der Waals surface area contributed by atoms with Gasteiger partial charge < -0.3 is 15.6 Å². The van der Waals surface area contributed by atoms with Crippen LogP contribution in [0.2, 0.25) is 0 Å². The van der Waals surface area contributed by atoms with Crippen molar-refractivity contribution in [2.75, 3.05) is 13.7 Å². The molecule has 1 rings (SSSR count). The van der Waals surface area contributed by atoms with E-state index in [0.29, 0.717) is 6.42 Å². The molecular weight excluding hydrogens is 178 g/mol. The van der Waals surface area contributed by atoms with Gasteiger partial charge >= 0.3 is 0 Å². The molecule has 1 aromatic rings. The maximum Gasteiger partial charge on any atom is 0.118 e. The molecule has 0 spiro atoms. The van der Waals surface area contributed by atoms with Gasteiger partial charge in [-0.25, -0.2) is 0 Å². The molecule has 14 heavy (non-hydrogen) atoms. The fourth-order valence-electron chi connectivity index (χ4n) is 1.33. The lowest BCUT2D eigenvalue weighted by Gasteiger charge is -2.26. The van der Waals surface area contributed by atoms with Crippen molar-refractivity contribution in [3.63, 3.8) is 0 Å². The number of nitrogens with two attached hydrogens (primary N) is 1. The zero-order valence-corrected chi connectivity index (χ0v) is 8.66. The third kappa shape index (κ3) is 2.05. The van der Waals surface area contributed by atoms with Gasteiger partial charge in [-0.3, -0.25) is 0 Å². The van der Waals surface area contributed by atoms with Crippen LogP contribution in [0.3, 0.4) is 0 Å². The van der Waals surface area contributed by atoms with Crippen LogP contribution in [0.4, 0.5) is 0 Å². The SMILES string of the molecule is CC[C@@](N)(CO)c1ccc(OC)cc1. The van der Waals surface area contributed by atoms with E-state index in [-0.39, 0.29) is 6.61 Å². The quantitative estimate of drug-likeness (QED) is 0.760. The van der Waals surface area contributed by atoms with Gasteiger partial charge in [0, 0.05) is 0 Å². The molecule has 0 amide bonds. The molecule has 0 aliphatic rings. The lowest BCUT2D eigenvalue weighted by atomic mass is 9.89. The number of hydrogen-bond donors (Lipinski definition) is 2. The number of rotatable bonds is 4. The first-order valence-corrected chi connectivity index (χ1v) is 4.70. The van der Waals surface area contributed by atoms with Crippen LogP contribution in [-0.2, 0) is 5.54 Å². The predicted molar refractivity (Wildman–Crippen MR) is 56.2 cm³/mol. The topological polar surface area (TPSA) is 55.5 Å². The van der Waals surface area contributed by atoms with Gasteiger partial charge in [-0.2, -0.15) is 0 Å². The summed E-state index contributed by atoms with van der Waals surface area (Å²) in [7, 11) is 1.62. The highest BCUT2D eigenvalue weighted by atomic mass is 16.5. The number of benzene rings is 1. The third-order valence-corrected chi connectivity index (χ3v) is 2.58. The fourth-order valence-corrected chi connectivity index (χ4v) is 1.33. The number of aliphatic hydroxyl groups excluding tert-OH is 1. The van der Waals surface area contributed by atoms with E-state index in [0.717, 1.165) is 11.3 Å². The summed E-state index contributed by atoms with van der Waals surface area (Å²) in [5.41, 5.74) is 6.32. The normalized spacial score (nSPS) is 14.9. The van der Waals surface area contributed by atoms with E-state index in [4.69, 9.17) is 10.5 Å². The van der Waals surface area contributed by atoms with Gasteiger partial charge in [-0.15, -0.1) is 0 Å². The zero-order chi connectivity index (χ0) is 10.6. The number of aliphatic hydroxyl groups is 1. The second-order valence-corrected chi connectivity index (χ2v) is 3.40. The summed E-state index contributed by atoms with van der Waals surface area (Å²) in [6, 6.07) is 7.47. The molecule has 0 aromatic heterocycles. The molecule has 1 atom stereocenters. The Morgan fingerprint density at radius 1 is 1.36 bits per heavy atom. The first-order valence-electron chi connectivity index (χ1n) is 4.70. The van der Waals surface area contributed by atoms with Crippen LogP contribution in [0.5, 0.6) is 5.75 Å². The lowest BCUT2D eigenvalue weighted by molar-refractivity contribution is 0.192. The van der Waals surface area contributed by atoms with Crippen molar-refractivity contribution >= 4 is 0 Å². The van der Waals surface area contributed by atoms with E-state index < -0.39 is 5.54 Å². The number of ether oxygens (including phenoxy) is 1. The molecule has 0 saturated heterocycles. The molecule has 0 radical (unpaired) electrons. The Morgan fingerprint density at radius 3 is 2.29 bits per heavy atom. The van der Waals surface area contributed by atoms with Crippen molar-refractivity contribution in [1.29, 1.82) is 0 Å². The van der Waals surface area contributed by atoms with Crippen LogP contribution >= 0.6 is 0 Å². The van der Waals surface area contributed by atoms with Gasteiger partial charge in [0.15, 0.2) is 0 Å². The molecule has 3 heteroatoms. The van der Waals surface area contributed by atoms with Crippen LogP contribution < -0.4 is 10.5 Å². The molecule has 0 aliphatic heterocycles. The van der Waals surface area contributed by atoms with Gasteiger partial charge in [0.1, 0.15) is 5.75 Å². The van der Waals surface area contributed by atoms with E-state index >= 15 is 0 Å². The average molecular weight is 195 g/mol. The highest BCUT2D eigenvalue weighted by molar-refractivity contribution is 5.31. The molecule has 0 bridgehead atoms. The maximum atomic E-state index is 9.21. The van der Waals surface area contributed by atoms with Crippen LogP contribution in [0.25, 0.3) is 0 Å². The van der Waals surface area contributed by atoms with Gasteiger partial charge in [-0.05, 0) is 24.1 Å². The van der Waals surface area contributed by atoms with Crippen LogP contribution in [0, 0.1) is 0 Å². The van der Waals surface area contributed by atoms with Crippen molar-refractivity contribution in [3.8, 4) is 5.75 Å². The smallest absolute Gasteiger partial charge is 0.118 e. The van der Waals surface area contributed by atoms with Crippen molar-refractivity contribution < 1.29 is 9.84 Å². The summed E-state index contributed by atoms with van der Waals surface area (Å²) < 4.78 is 5.05. The summed E-state index contributed by atoms with van der Waals surface area (Å²) in [6.07, 6.45) is 0.704. The van der Waals surface area contributed by atoms with Gasteiger partial charge in [0.25, 0.3) is 0 Å². The molecule has 3 nitrogen and oxygen atoms in total. The lowest BCUT2D eigenvalue weighted by Crippen LogP contribution is -2.39. The Bertz CT molecular complexity index is 278. The molecule has 78 valence electrons. The van der Waals surface area contributed by atoms with Crippen molar-refractivity contribution in [1.82, 2.24) is 0 Å². The highest BCUT2D eigenvalue weighted by Crippen LogP contribution is 2.23. The molecule has 0 heterocycles. The van der Waals surface area contributed by atoms with Crippen molar-refractivity contribution in [2.24, 2.45) is 5.73 Å². The summed E-state index contributed by atoms with van der Waals surface area (Å²) >= 11 is 0. The van der Waals surface area contributed by atoms with E-state index in [2.05, 4.69) is 0 Å². The van der Waals surface area contributed by atoms with Gasteiger partial charge in [0.2, 0.25) is 0 Å². The average Bonchev–Trinajstić information content (AvgIpc) is 2.28. The van der Waals surface area contributed by atoms with E-state index in [1.54, 1.807) is 7.11 Å². The minimum absolute atomic E-state index is 0.0458. The predicted octanol–water partition coefficient (Wildman–Crippen LogP) is 1.25. The monoisotopic (exact) mass is 195 g/mol. The first kappa shape index (κ1) is 11.0. The second-order valence-electron chi connectivity index (χ2n) is 3.40. The molecule has 0 unspecified atom stereocenters. The summed E-state index contributed by atoms with van der Waals surface area (Å²) in [5, 5.41) is 9.21. The van der Waals surface area contributed by atoms with E-state index in [9.17, 15) is 5.11 Å². The minimum Gasteiger partial charge on any atom is -0.497 e. The molecule has 0 aliphatic carbocycles. The second kappa shape index (κ2) is 4.44. The van der Waals surface area contributed by atoms with Crippen LogP contribution in [0.1, 0.15) is 18.9 Å². The molecule has 1 aromatic carbocycles. The van der Waals surface area contributed by atoms with Crippen molar-refractivity contribution in [2.45, 2.75) is 18.9 Å². The molecule has 0 fully saturated rings. The molecule has 3 N–H and O–H groups in total. The van der Waals surface area contributed by atoms with Crippen LogP contribution in [0.15, 0.2) is 24.3 Å². The van der Waals surface area contributed by atoms with Crippen LogP contribution in [-0.4, -0.2) is 18.8 Å². The molecular formula is C11H17NO2. The Hall–Kier alpha value is -1.06. The summed E-state index contributed by atoms with van der Waals surface area (Å²) in [4.78, 5) is 0. The fraction of sp³-hybridized carbons (Fsp3) is 0.455. The Morgan fingerprint density at radius 2 is 1.93 bits per heavy atom. The van der Waals surface area contributed by atoms with Gasteiger partial charge in [0.05, 0.1) is 19.3 Å².